The Kier molecular flexibility index (Phi) is 5.02. The van der Waals surface area contributed by atoms with Gasteiger partial charge in [-0.3, -0.25) is 4.79 Å². The molecule has 0 radical (unpaired) electrons. The minimum Gasteiger partial charge on any atom is -0.497 e. The van der Waals surface area contributed by atoms with E-state index in [0.717, 1.165) is 11.3 Å². The van der Waals surface area contributed by atoms with E-state index < -0.39 is 0 Å². The Morgan fingerprint density at radius 2 is 2.17 bits per heavy atom. The van der Waals surface area contributed by atoms with Crippen LogP contribution in [-0.2, 0) is 6.54 Å². The highest BCUT2D eigenvalue weighted by Gasteiger charge is 2.11. The van der Waals surface area contributed by atoms with Crippen LogP contribution in [0.3, 0.4) is 0 Å². The number of pyridine rings is 1. The molecular formula is C17H16N4O2S. The summed E-state index contributed by atoms with van der Waals surface area (Å²) < 4.78 is 5.17. The van der Waals surface area contributed by atoms with Crippen LogP contribution in [0.25, 0.3) is 0 Å². The number of rotatable bonds is 6. The van der Waals surface area contributed by atoms with Crippen LogP contribution in [0.15, 0.2) is 54.0 Å². The topological polar surface area (TPSA) is 76.1 Å². The van der Waals surface area contributed by atoms with E-state index in [1.807, 2.05) is 42.5 Å². The van der Waals surface area contributed by atoms with E-state index in [9.17, 15) is 4.79 Å². The molecule has 0 spiro atoms. The number of methoxy groups -OCH3 is 1. The van der Waals surface area contributed by atoms with Gasteiger partial charge in [-0.05, 0) is 29.8 Å². The van der Waals surface area contributed by atoms with Crippen molar-refractivity contribution in [2.24, 2.45) is 0 Å². The number of nitrogens with zero attached hydrogens (tertiary/aromatic N) is 2. The Bertz CT molecular complexity index is 820. The molecule has 0 saturated heterocycles. The second-order valence-electron chi connectivity index (χ2n) is 4.91. The predicted molar refractivity (Wildman–Crippen MR) is 93.8 cm³/mol. The number of thiazole rings is 1. The van der Waals surface area contributed by atoms with Gasteiger partial charge in [-0.2, -0.15) is 0 Å². The molecule has 0 aliphatic rings. The normalized spacial score (nSPS) is 10.2. The smallest absolute Gasteiger partial charge is 0.271 e. The molecule has 7 heteroatoms. The summed E-state index contributed by atoms with van der Waals surface area (Å²) in [7, 11) is 1.61. The molecule has 0 aliphatic carbocycles. The summed E-state index contributed by atoms with van der Waals surface area (Å²) in [5, 5.41) is 8.26. The highest BCUT2D eigenvalue weighted by Crippen LogP contribution is 2.19. The van der Waals surface area contributed by atoms with Crippen molar-refractivity contribution in [3.8, 4) is 5.75 Å². The van der Waals surface area contributed by atoms with Crippen molar-refractivity contribution in [3.63, 3.8) is 0 Å². The Morgan fingerprint density at radius 1 is 1.25 bits per heavy atom. The van der Waals surface area contributed by atoms with Crippen molar-refractivity contribution < 1.29 is 9.53 Å². The summed E-state index contributed by atoms with van der Waals surface area (Å²) in [5.74, 6) is 1.23. The second kappa shape index (κ2) is 7.56. The summed E-state index contributed by atoms with van der Waals surface area (Å²) in [6, 6.07) is 13.1. The number of hydrogen-bond donors (Lipinski definition) is 2. The van der Waals surface area contributed by atoms with E-state index in [-0.39, 0.29) is 5.91 Å². The average Bonchev–Trinajstić information content (AvgIpc) is 3.09. The van der Waals surface area contributed by atoms with Gasteiger partial charge < -0.3 is 15.4 Å². The summed E-state index contributed by atoms with van der Waals surface area (Å²) >= 11 is 1.36. The van der Waals surface area contributed by atoms with E-state index in [0.29, 0.717) is 23.2 Å². The van der Waals surface area contributed by atoms with Gasteiger partial charge in [0.1, 0.15) is 17.3 Å². The van der Waals surface area contributed by atoms with Gasteiger partial charge in [-0.15, -0.1) is 11.3 Å². The largest absolute Gasteiger partial charge is 0.497 e. The standard InChI is InChI=1S/C17H16N4O2S/c1-23-13-6-4-5-12(9-13)10-19-16(22)14-11-24-17(20-14)21-15-7-2-3-8-18-15/h2-9,11H,10H2,1H3,(H,19,22)(H,18,20,21). The summed E-state index contributed by atoms with van der Waals surface area (Å²) in [6.45, 7) is 0.413. The van der Waals surface area contributed by atoms with Crippen LogP contribution in [-0.4, -0.2) is 23.0 Å². The van der Waals surface area contributed by atoms with Gasteiger partial charge in [-0.1, -0.05) is 18.2 Å². The number of benzene rings is 1. The molecule has 2 heterocycles. The third-order valence-corrected chi connectivity index (χ3v) is 3.98. The van der Waals surface area contributed by atoms with Gasteiger partial charge in [0, 0.05) is 18.1 Å². The molecule has 0 atom stereocenters. The monoisotopic (exact) mass is 340 g/mol. The van der Waals surface area contributed by atoms with Gasteiger partial charge in [0.2, 0.25) is 0 Å². The average molecular weight is 340 g/mol. The molecule has 3 rings (SSSR count). The van der Waals surface area contributed by atoms with Gasteiger partial charge in [0.25, 0.3) is 5.91 Å². The zero-order chi connectivity index (χ0) is 16.8. The Hall–Kier alpha value is -2.93. The zero-order valence-electron chi connectivity index (χ0n) is 13.0. The number of carbonyl (C=O) groups excluding carboxylic acids is 1. The molecule has 24 heavy (non-hydrogen) atoms. The fraction of sp³-hybridized carbons (Fsp3) is 0.118. The molecule has 0 unspecified atom stereocenters. The fourth-order valence-corrected chi connectivity index (χ4v) is 2.73. The fourth-order valence-electron chi connectivity index (χ4n) is 2.04. The lowest BCUT2D eigenvalue weighted by Gasteiger charge is -2.05. The van der Waals surface area contributed by atoms with Crippen molar-refractivity contribution >= 4 is 28.2 Å². The lowest BCUT2D eigenvalue weighted by atomic mass is 10.2. The molecule has 0 bridgehead atoms. The van der Waals surface area contributed by atoms with E-state index in [1.54, 1.807) is 18.7 Å². The van der Waals surface area contributed by atoms with Gasteiger partial charge >= 0.3 is 0 Å². The number of hydrogen-bond acceptors (Lipinski definition) is 6. The molecule has 0 fully saturated rings. The predicted octanol–water partition coefficient (Wildman–Crippen LogP) is 3.22. The van der Waals surface area contributed by atoms with Crippen LogP contribution in [0.5, 0.6) is 5.75 Å². The lowest BCUT2D eigenvalue weighted by molar-refractivity contribution is 0.0946. The maximum absolute atomic E-state index is 12.2. The van der Waals surface area contributed by atoms with Crippen molar-refractivity contribution in [1.29, 1.82) is 0 Å². The van der Waals surface area contributed by atoms with Crippen molar-refractivity contribution in [2.75, 3.05) is 12.4 Å². The Labute approximate surface area is 143 Å². The maximum atomic E-state index is 12.2. The van der Waals surface area contributed by atoms with E-state index >= 15 is 0 Å². The van der Waals surface area contributed by atoms with Crippen LogP contribution < -0.4 is 15.4 Å². The van der Waals surface area contributed by atoms with E-state index in [2.05, 4.69) is 20.6 Å². The third kappa shape index (κ3) is 4.08. The molecule has 1 aromatic carbocycles. The Morgan fingerprint density at radius 3 is 2.96 bits per heavy atom. The van der Waals surface area contributed by atoms with Crippen LogP contribution in [0, 0.1) is 0 Å². The first kappa shape index (κ1) is 15.9. The number of carbonyl (C=O) groups is 1. The molecule has 2 aromatic heterocycles. The molecule has 2 N–H and O–H groups in total. The highest BCUT2D eigenvalue weighted by atomic mass is 32.1. The number of ether oxygens (including phenoxy) is 1. The Balaban J connectivity index is 1.59. The number of aromatic nitrogens is 2. The first-order valence-corrected chi connectivity index (χ1v) is 8.17. The summed E-state index contributed by atoms with van der Waals surface area (Å²) in [4.78, 5) is 20.6. The SMILES string of the molecule is COc1cccc(CNC(=O)c2csc(Nc3ccccn3)n2)c1. The van der Waals surface area contributed by atoms with Crippen LogP contribution >= 0.6 is 11.3 Å². The number of anilines is 2. The first-order chi connectivity index (χ1) is 11.7. The maximum Gasteiger partial charge on any atom is 0.271 e. The lowest BCUT2D eigenvalue weighted by Crippen LogP contribution is -2.23. The minimum absolute atomic E-state index is 0.219. The number of nitrogens with one attached hydrogen (secondary N) is 2. The van der Waals surface area contributed by atoms with E-state index in [4.69, 9.17) is 4.74 Å². The zero-order valence-corrected chi connectivity index (χ0v) is 13.8. The summed E-state index contributed by atoms with van der Waals surface area (Å²) in [6.07, 6.45) is 1.69. The summed E-state index contributed by atoms with van der Waals surface area (Å²) in [5.41, 5.74) is 1.34. The molecule has 1 amide bonds. The third-order valence-electron chi connectivity index (χ3n) is 3.22. The van der Waals surface area contributed by atoms with Crippen molar-refractivity contribution in [2.45, 2.75) is 6.54 Å². The van der Waals surface area contributed by atoms with Crippen molar-refractivity contribution in [3.05, 3.63) is 65.3 Å². The van der Waals surface area contributed by atoms with Crippen molar-refractivity contribution in [1.82, 2.24) is 15.3 Å². The molecular weight excluding hydrogens is 324 g/mol. The second-order valence-corrected chi connectivity index (χ2v) is 5.77. The van der Waals surface area contributed by atoms with Crippen LogP contribution in [0.1, 0.15) is 16.1 Å². The van der Waals surface area contributed by atoms with E-state index in [1.165, 1.54) is 11.3 Å². The first-order valence-electron chi connectivity index (χ1n) is 7.29. The molecule has 0 aliphatic heterocycles. The van der Waals surface area contributed by atoms with Crippen LogP contribution in [0.4, 0.5) is 10.9 Å². The molecule has 3 aromatic rings. The van der Waals surface area contributed by atoms with Gasteiger partial charge in [-0.25, -0.2) is 9.97 Å². The molecule has 6 nitrogen and oxygen atoms in total. The van der Waals surface area contributed by atoms with Crippen LogP contribution in [0.2, 0.25) is 0 Å². The molecule has 0 saturated carbocycles. The number of amides is 1. The minimum atomic E-state index is -0.219. The molecule has 122 valence electrons. The highest BCUT2D eigenvalue weighted by molar-refractivity contribution is 7.14. The van der Waals surface area contributed by atoms with Gasteiger partial charge in [0.15, 0.2) is 5.13 Å². The van der Waals surface area contributed by atoms with Gasteiger partial charge in [0.05, 0.1) is 7.11 Å². The quantitative estimate of drug-likeness (QED) is 0.720.